The number of rotatable bonds is 8. The van der Waals surface area contributed by atoms with Crippen LogP contribution in [-0.4, -0.2) is 4.57 Å². The third kappa shape index (κ3) is 7.16. The molecule has 0 aliphatic rings. The summed E-state index contributed by atoms with van der Waals surface area (Å²) >= 11 is 1.90. The molecule has 0 unspecified atom stereocenters. The van der Waals surface area contributed by atoms with Crippen molar-refractivity contribution < 1.29 is 0 Å². The summed E-state index contributed by atoms with van der Waals surface area (Å²) in [5.74, 6) is 0. The maximum Gasteiger partial charge on any atom is 0.0541 e. The summed E-state index contributed by atoms with van der Waals surface area (Å²) in [6, 6.07) is 103. The molecule has 0 radical (unpaired) electrons. The number of nitrogens with zero attached hydrogens (tertiary/aromatic N) is 2. The standard InChI is InChI=1S/C72H46N2S/c1-4-21-59-48(15-1)37-44-66-65-27-14-26-60(71(65)75-72(59)66)50-35-42-56(43-36-50)73(55-40-33-49(34-41-55)58-20-7-10-28-68(58)74-69-29-11-8-24-63(69)64-25-9-12-30-70(64)74)54-38-31-47(32-39-54)51-17-13-18-52(45-51)67-46-53-16-2-3-19-57(53)61-22-5-6-23-62(61)67/h1-46H. The molecule has 0 N–H and O–H groups in total. The molecule has 0 atom stereocenters. The fraction of sp³-hybridized carbons (Fsp3) is 0. The van der Waals surface area contributed by atoms with Crippen LogP contribution in [-0.2, 0) is 0 Å². The molecule has 3 heteroatoms. The van der Waals surface area contributed by atoms with E-state index < -0.39 is 0 Å². The topological polar surface area (TPSA) is 8.17 Å². The summed E-state index contributed by atoms with van der Waals surface area (Å²) in [4.78, 5) is 2.39. The summed E-state index contributed by atoms with van der Waals surface area (Å²) in [6.45, 7) is 0. The van der Waals surface area contributed by atoms with E-state index >= 15 is 0 Å². The Bertz CT molecular complexity index is 4640. The highest BCUT2D eigenvalue weighted by Gasteiger charge is 2.19. The lowest BCUT2D eigenvalue weighted by atomic mass is 9.92. The van der Waals surface area contributed by atoms with Crippen LogP contribution in [0.1, 0.15) is 0 Å². The first kappa shape index (κ1) is 43.1. The lowest BCUT2D eigenvalue weighted by Crippen LogP contribution is -2.09. The van der Waals surface area contributed by atoms with Gasteiger partial charge in [-0.25, -0.2) is 0 Å². The number of hydrogen-bond donors (Lipinski definition) is 0. The summed E-state index contributed by atoms with van der Waals surface area (Å²) in [5, 5.41) is 12.8. The van der Waals surface area contributed by atoms with E-state index in [-0.39, 0.29) is 0 Å². The number of thiophene rings is 1. The molecule has 0 spiro atoms. The van der Waals surface area contributed by atoms with Crippen molar-refractivity contribution in [2.75, 3.05) is 4.90 Å². The Morgan fingerprint density at radius 2 is 0.747 bits per heavy atom. The molecule has 2 heterocycles. The third-order valence-corrected chi connectivity index (χ3v) is 16.7. The Kier molecular flexibility index (Phi) is 10.1. The Hall–Kier alpha value is -9.54. The van der Waals surface area contributed by atoms with Crippen LogP contribution in [0.15, 0.2) is 279 Å². The summed E-state index contributed by atoms with van der Waals surface area (Å²) in [5.41, 5.74) is 16.4. The van der Waals surface area contributed by atoms with Crippen LogP contribution in [0.3, 0.4) is 0 Å². The molecule has 15 rings (SSSR count). The van der Waals surface area contributed by atoms with Crippen molar-refractivity contribution in [1.82, 2.24) is 4.57 Å². The van der Waals surface area contributed by atoms with Crippen molar-refractivity contribution in [3.63, 3.8) is 0 Å². The van der Waals surface area contributed by atoms with Gasteiger partial charge in [-0.1, -0.05) is 212 Å². The van der Waals surface area contributed by atoms with Gasteiger partial charge in [0.15, 0.2) is 0 Å². The molecule has 2 aromatic heterocycles. The predicted molar refractivity (Wildman–Crippen MR) is 323 cm³/mol. The van der Waals surface area contributed by atoms with Crippen molar-refractivity contribution in [2.24, 2.45) is 0 Å². The second-order valence-corrected chi connectivity index (χ2v) is 20.6. The number of para-hydroxylation sites is 3. The normalized spacial score (nSPS) is 11.7. The summed E-state index contributed by atoms with van der Waals surface area (Å²) < 4.78 is 5.08. The van der Waals surface area contributed by atoms with E-state index in [0.29, 0.717) is 0 Å². The quantitative estimate of drug-likeness (QED) is 0.138. The van der Waals surface area contributed by atoms with Crippen LogP contribution in [0.2, 0.25) is 0 Å². The molecule has 2 nitrogen and oxygen atoms in total. The number of fused-ring (bicyclic) bond motifs is 11. The lowest BCUT2D eigenvalue weighted by molar-refractivity contribution is 1.18. The highest BCUT2D eigenvalue weighted by molar-refractivity contribution is 7.27. The van der Waals surface area contributed by atoms with E-state index in [1.54, 1.807) is 0 Å². The molecule has 0 amide bonds. The number of anilines is 3. The minimum Gasteiger partial charge on any atom is -0.311 e. The Morgan fingerprint density at radius 3 is 1.45 bits per heavy atom. The monoisotopic (exact) mass is 970 g/mol. The number of hydrogen-bond acceptors (Lipinski definition) is 2. The smallest absolute Gasteiger partial charge is 0.0541 e. The van der Waals surface area contributed by atoms with Crippen molar-refractivity contribution in [1.29, 1.82) is 0 Å². The molecule has 15 aromatic rings. The van der Waals surface area contributed by atoms with Crippen LogP contribution in [0.25, 0.3) is 124 Å². The summed E-state index contributed by atoms with van der Waals surface area (Å²) in [6.07, 6.45) is 0. The van der Waals surface area contributed by atoms with E-state index in [9.17, 15) is 0 Å². The van der Waals surface area contributed by atoms with E-state index in [4.69, 9.17) is 0 Å². The third-order valence-electron chi connectivity index (χ3n) is 15.4. The minimum atomic E-state index is 1.08. The molecular weight excluding hydrogens is 925 g/mol. The first-order valence-electron chi connectivity index (χ1n) is 25.7. The lowest BCUT2D eigenvalue weighted by Gasteiger charge is -2.26. The highest BCUT2D eigenvalue weighted by Crippen LogP contribution is 2.45. The average molecular weight is 971 g/mol. The molecule has 0 bridgehead atoms. The summed E-state index contributed by atoms with van der Waals surface area (Å²) in [7, 11) is 0. The molecule has 0 saturated heterocycles. The average Bonchev–Trinajstić information content (AvgIpc) is 4.08. The van der Waals surface area contributed by atoms with Gasteiger partial charge < -0.3 is 9.47 Å². The predicted octanol–water partition coefficient (Wildman–Crippen LogP) is 20.7. The van der Waals surface area contributed by atoms with Crippen molar-refractivity contribution in [3.8, 4) is 50.2 Å². The van der Waals surface area contributed by atoms with Gasteiger partial charge in [0.25, 0.3) is 0 Å². The molecule has 0 saturated carbocycles. The van der Waals surface area contributed by atoms with Crippen molar-refractivity contribution in [2.45, 2.75) is 0 Å². The van der Waals surface area contributed by atoms with Crippen molar-refractivity contribution >= 4 is 103 Å². The van der Waals surface area contributed by atoms with Gasteiger partial charge in [-0.2, -0.15) is 0 Å². The number of benzene rings is 13. The Labute approximate surface area is 438 Å². The van der Waals surface area contributed by atoms with E-state index in [0.717, 1.165) is 28.3 Å². The first-order chi connectivity index (χ1) is 37.2. The maximum absolute atomic E-state index is 2.42. The fourth-order valence-corrected chi connectivity index (χ4v) is 13.2. The van der Waals surface area contributed by atoms with Gasteiger partial charge in [-0.05, 0) is 138 Å². The molecule has 350 valence electrons. The number of aromatic nitrogens is 1. The fourth-order valence-electron chi connectivity index (χ4n) is 11.8. The first-order valence-corrected chi connectivity index (χ1v) is 26.5. The van der Waals surface area contributed by atoms with Crippen LogP contribution in [0.5, 0.6) is 0 Å². The van der Waals surface area contributed by atoms with Gasteiger partial charge in [0.2, 0.25) is 0 Å². The molecular formula is C72H46N2S. The SMILES string of the molecule is c1cc(-c2ccc(N(c3ccc(-c4ccccc4-n4c5ccccc5c5ccccc54)cc3)c3ccc(-c4cccc5c4sc4c6ccccc6ccc54)cc3)cc2)cc(-c2cc3ccccc3c3ccccc23)c1. The van der Waals surface area contributed by atoms with Crippen molar-refractivity contribution in [3.05, 3.63) is 279 Å². The van der Waals surface area contributed by atoms with Gasteiger partial charge in [-0.3, -0.25) is 0 Å². The largest absolute Gasteiger partial charge is 0.311 e. The Balaban J connectivity index is 0.826. The van der Waals surface area contributed by atoms with E-state index in [2.05, 4.69) is 289 Å². The molecule has 75 heavy (non-hydrogen) atoms. The zero-order valence-electron chi connectivity index (χ0n) is 40.9. The zero-order chi connectivity index (χ0) is 49.4. The van der Waals surface area contributed by atoms with Crippen LogP contribution < -0.4 is 4.90 Å². The second-order valence-electron chi connectivity index (χ2n) is 19.6. The van der Waals surface area contributed by atoms with E-state index in [1.807, 2.05) is 11.3 Å². The van der Waals surface area contributed by atoms with E-state index in [1.165, 1.54) is 113 Å². The Morgan fingerprint density at radius 1 is 0.253 bits per heavy atom. The van der Waals surface area contributed by atoms with Crippen LogP contribution in [0.4, 0.5) is 17.1 Å². The second kappa shape index (κ2) is 17.6. The van der Waals surface area contributed by atoms with Gasteiger partial charge in [0.1, 0.15) is 0 Å². The molecule has 0 aliphatic carbocycles. The molecule has 0 aliphatic heterocycles. The van der Waals surface area contributed by atoms with Crippen LogP contribution in [0, 0.1) is 0 Å². The minimum absolute atomic E-state index is 1.08. The van der Waals surface area contributed by atoms with Crippen LogP contribution >= 0.6 is 11.3 Å². The molecule has 13 aromatic carbocycles. The van der Waals surface area contributed by atoms with Gasteiger partial charge >= 0.3 is 0 Å². The van der Waals surface area contributed by atoms with Gasteiger partial charge in [-0.15, -0.1) is 11.3 Å². The van der Waals surface area contributed by atoms with Gasteiger partial charge in [0.05, 0.1) is 16.7 Å². The zero-order valence-corrected chi connectivity index (χ0v) is 41.7. The van der Waals surface area contributed by atoms with Gasteiger partial charge in [0, 0.05) is 53.6 Å². The maximum atomic E-state index is 2.42. The molecule has 0 fully saturated rings. The highest BCUT2D eigenvalue weighted by atomic mass is 32.1.